The summed E-state index contributed by atoms with van der Waals surface area (Å²) in [7, 11) is -3.85. The second-order valence-corrected chi connectivity index (χ2v) is 9.52. The van der Waals surface area contributed by atoms with E-state index >= 15 is 0 Å². The Labute approximate surface area is 189 Å². The van der Waals surface area contributed by atoms with Crippen LogP contribution in [-0.2, 0) is 10.0 Å². The molecule has 4 aromatic rings. The van der Waals surface area contributed by atoms with Crippen molar-refractivity contribution >= 4 is 44.1 Å². The first-order valence-electron chi connectivity index (χ1n) is 10.5. The van der Waals surface area contributed by atoms with Gasteiger partial charge in [-0.05, 0) is 62.2 Å². The molecule has 0 bridgehead atoms. The monoisotopic (exact) mass is 466 g/mol. The smallest absolute Gasteiger partial charge is 0.408 e. The lowest BCUT2D eigenvalue weighted by Crippen LogP contribution is -2.19. The van der Waals surface area contributed by atoms with Crippen LogP contribution < -0.4 is 20.7 Å². The number of rotatable bonds is 6. The number of oxazole rings is 1. The number of hydrogen-bond donors (Lipinski definition) is 3. The van der Waals surface area contributed by atoms with E-state index in [1.165, 1.54) is 18.2 Å². The van der Waals surface area contributed by atoms with Gasteiger partial charge in [0.25, 0.3) is 10.0 Å². The van der Waals surface area contributed by atoms with Crippen LogP contribution in [0.25, 0.3) is 11.1 Å². The molecule has 2 aromatic heterocycles. The highest BCUT2D eigenvalue weighted by molar-refractivity contribution is 7.92. The van der Waals surface area contributed by atoms with Gasteiger partial charge in [-0.2, -0.15) is 0 Å². The molecule has 0 spiro atoms. The van der Waals surface area contributed by atoms with Gasteiger partial charge in [0.1, 0.15) is 17.5 Å². The summed E-state index contributed by atoms with van der Waals surface area (Å²) in [5.41, 5.74) is 1.77. The minimum Gasteiger partial charge on any atom is -0.408 e. The first-order valence-corrected chi connectivity index (χ1v) is 12.0. The number of nitrogens with zero attached hydrogens (tertiary/aromatic N) is 3. The standard InChI is InChI=1S/C22H22N6O4S/c1-14-23-20(13-21(24-14)28-10-2-3-11-28)25-15-4-6-16(7-5-15)27-33(30,31)17-8-9-19-18(12-17)26-22(29)32-19/h4-9,12-13,27H,2-3,10-11H2,1H3,(H,26,29)(H,23,24,25). The van der Waals surface area contributed by atoms with E-state index in [0.29, 0.717) is 28.4 Å². The second kappa shape index (κ2) is 8.24. The molecule has 1 aliphatic heterocycles. The zero-order valence-electron chi connectivity index (χ0n) is 17.8. The molecule has 10 nitrogen and oxygen atoms in total. The van der Waals surface area contributed by atoms with Crippen molar-refractivity contribution in [2.24, 2.45) is 0 Å². The number of aryl methyl sites for hydroxylation is 1. The van der Waals surface area contributed by atoms with E-state index in [4.69, 9.17) is 4.42 Å². The fourth-order valence-corrected chi connectivity index (χ4v) is 4.89. The van der Waals surface area contributed by atoms with Crippen LogP contribution in [0.2, 0.25) is 0 Å². The quantitative estimate of drug-likeness (QED) is 0.394. The van der Waals surface area contributed by atoms with E-state index in [9.17, 15) is 13.2 Å². The fraction of sp³-hybridized carbons (Fsp3) is 0.227. The van der Waals surface area contributed by atoms with Gasteiger partial charge >= 0.3 is 5.76 Å². The van der Waals surface area contributed by atoms with Crippen LogP contribution in [0, 0.1) is 6.92 Å². The molecule has 2 aromatic carbocycles. The van der Waals surface area contributed by atoms with Gasteiger partial charge in [0.2, 0.25) is 0 Å². The summed E-state index contributed by atoms with van der Waals surface area (Å²) in [4.78, 5) is 25.0. The lowest BCUT2D eigenvalue weighted by Gasteiger charge is -2.18. The zero-order chi connectivity index (χ0) is 23.0. The van der Waals surface area contributed by atoms with Gasteiger partial charge in [-0.3, -0.25) is 9.71 Å². The molecule has 0 unspecified atom stereocenters. The molecule has 0 saturated carbocycles. The Balaban J connectivity index is 1.31. The van der Waals surface area contributed by atoms with Crippen LogP contribution >= 0.6 is 0 Å². The van der Waals surface area contributed by atoms with Gasteiger partial charge in [0.05, 0.1) is 10.4 Å². The van der Waals surface area contributed by atoms with Crippen molar-refractivity contribution < 1.29 is 12.8 Å². The zero-order valence-corrected chi connectivity index (χ0v) is 18.6. The van der Waals surface area contributed by atoms with Crippen molar-refractivity contribution in [1.82, 2.24) is 15.0 Å². The highest BCUT2D eigenvalue weighted by atomic mass is 32.2. The number of hydrogen-bond acceptors (Lipinski definition) is 8. The topological polar surface area (TPSA) is 133 Å². The van der Waals surface area contributed by atoms with Crippen molar-refractivity contribution in [2.75, 3.05) is 28.0 Å². The van der Waals surface area contributed by atoms with E-state index in [1.807, 2.05) is 13.0 Å². The number of sulfonamides is 1. The molecular formula is C22H22N6O4S. The molecule has 0 aliphatic carbocycles. The van der Waals surface area contributed by atoms with Crippen molar-refractivity contribution in [1.29, 1.82) is 0 Å². The summed E-state index contributed by atoms with van der Waals surface area (Å²) in [5.74, 6) is 1.63. The van der Waals surface area contributed by atoms with Gasteiger partial charge in [0.15, 0.2) is 5.58 Å². The number of nitrogens with one attached hydrogen (secondary N) is 3. The lowest BCUT2D eigenvalue weighted by molar-refractivity contribution is 0.555. The third-order valence-corrected chi connectivity index (χ3v) is 6.74. The minimum absolute atomic E-state index is 0.0140. The summed E-state index contributed by atoms with van der Waals surface area (Å²) < 4.78 is 33.0. The Hall–Kier alpha value is -3.86. The summed E-state index contributed by atoms with van der Waals surface area (Å²) in [6, 6.07) is 12.9. The first-order chi connectivity index (χ1) is 15.9. The predicted octanol–water partition coefficient (Wildman–Crippen LogP) is 3.36. The van der Waals surface area contributed by atoms with Crippen molar-refractivity contribution in [2.45, 2.75) is 24.7 Å². The highest BCUT2D eigenvalue weighted by Crippen LogP contribution is 2.25. The van der Waals surface area contributed by atoms with Crippen LogP contribution in [-0.4, -0.2) is 36.5 Å². The minimum atomic E-state index is -3.85. The normalized spacial score (nSPS) is 14.0. The molecule has 3 heterocycles. The maximum Gasteiger partial charge on any atom is 0.417 e. The third-order valence-electron chi connectivity index (χ3n) is 5.36. The maximum absolute atomic E-state index is 12.8. The Morgan fingerprint density at radius 2 is 1.73 bits per heavy atom. The molecule has 5 rings (SSSR count). The highest BCUT2D eigenvalue weighted by Gasteiger charge is 2.17. The number of H-pyrrole nitrogens is 1. The molecule has 0 atom stereocenters. The molecule has 170 valence electrons. The molecule has 1 aliphatic rings. The van der Waals surface area contributed by atoms with E-state index in [-0.39, 0.29) is 4.90 Å². The number of anilines is 4. The van der Waals surface area contributed by atoms with Crippen LogP contribution in [0.4, 0.5) is 23.0 Å². The van der Waals surface area contributed by atoms with E-state index in [0.717, 1.165) is 37.4 Å². The van der Waals surface area contributed by atoms with E-state index in [2.05, 4.69) is 29.9 Å². The molecule has 0 radical (unpaired) electrons. The van der Waals surface area contributed by atoms with Gasteiger partial charge in [-0.25, -0.2) is 23.2 Å². The van der Waals surface area contributed by atoms with E-state index in [1.54, 1.807) is 24.3 Å². The summed E-state index contributed by atoms with van der Waals surface area (Å²) in [5, 5.41) is 3.25. The Morgan fingerprint density at radius 3 is 2.48 bits per heavy atom. The van der Waals surface area contributed by atoms with Crippen LogP contribution in [0.3, 0.4) is 0 Å². The third kappa shape index (κ3) is 4.53. The summed E-state index contributed by atoms with van der Waals surface area (Å²) in [6.45, 7) is 3.85. The SMILES string of the molecule is Cc1nc(Nc2ccc(NS(=O)(=O)c3ccc4oc(=O)[nH]c4c3)cc2)cc(N2CCCC2)n1. The number of fused-ring (bicyclic) bond motifs is 1. The van der Waals surface area contributed by atoms with Gasteiger partial charge in [0, 0.05) is 30.5 Å². The average Bonchev–Trinajstić information content (AvgIpc) is 3.43. The van der Waals surface area contributed by atoms with Crippen molar-refractivity contribution in [3.05, 3.63) is 64.9 Å². The first kappa shape index (κ1) is 21.0. The second-order valence-electron chi connectivity index (χ2n) is 7.83. The lowest BCUT2D eigenvalue weighted by atomic mass is 10.3. The Morgan fingerprint density at radius 1 is 1.00 bits per heavy atom. The number of benzene rings is 2. The molecule has 33 heavy (non-hydrogen) atoms. The van der Waals surface area contributed by atoms with E-state index < -0.39 is 15.8 Å². The largest absolute Gasteiger partial charge is 0.417 e. The van der Waals surface area contributed by atoms with Gasteiger partial charge < -0.3 is 14.6 Å². The number of aromatic nitrogens is 3. The van der Waals surface area contributed by atoms with Crippen LogP contribution in [0.15, 0.2) is 62.6 Å². The Kier molecular flexibility index (Phi) is 5.25. The van der Waals surface area contributed by atoms with Crippen molar-refractivity contribution in [3.63, 3.8) is 0 Å². The molecule has 3 N–H and O–H groups in total. The van der Waals surface area contributed by atoms with Gasteiger partial charge in [-0.15, -0.1) is 0 Å². The summed E-state index contributed by atoms with van der Waals surface area (Å²) in [6.07, 6.45) is 2.33. The molecular weight excluding hydrogens is 444 g/mol. The molecule has 11 heteroatoms. The summed E-state index contributed by atoms with van der Waals surface area (Å²) >= 11 is 0. The van der Waals surface area contributed by atoms with Crippen LogP contribution in [0.1, 0.15) is 18.7 Å². The van der Waals surface area contributed by atoms with Crippen LogP contribution in [0.5, 0.6) is 0 Å². The fourth-order valence-electron chi connectivity index (χ4n) is 3.81. The van der Waals surface area contributed by atoms with Gasteiger partial charge in [-0.1, -0.05) is 0 Å². The molecule has 1 fully saturated rings. The molecule has 0 amide bonds. The number of aromatic amines is 1. The van der Waals surface area contributed by atoms with Crippen molar-refractivity contribution in [3.8, 4) is 0 Å². The Bertz CT molecular complexity index is 1470. The average molecular weight is 467 g/mol. The maximum atomic E-state index is 12.8. The predicted molar refractivity (Wildman–Crippen MR) is 126 cm³/mol. The molecule has 1 saturated heterocycles.